The van der Waals surface area contributed by atoms with E-state index in [0.717, 1.165) is 19.3 Å². The predicted molar refractivity (Wildman–Crippen MR) is 101 cm³/mol. The van der Waals surface area contributed by atoms with Crippen LogP contribution in [0.25, 0.3) is 0 Å². The van der Waals surface area contributed by atoms with Gasteiger partial charge in [0.25, 0.3) is 0 Å². The zero-order valence-corrected chi connectivity index (χ0v) is 16.7. The van der Waals surface area contributed by atoms with Crippen LogP contribution in [-0.2, 0) is 4.74 Å². The van der Waals surface area contributed by atoms with Crippen LogP contribution in [0.3, 0.4) is 0 Å². The van der Waals surface area contributed by atoms with Gasteiger partial charge in [-0.15, -0.1) is 11.6 Å². The monoisotopic (exact) mass is 368 g/mol. The van der Waals surface area contributed by atoms with Gasteiger partial charge in [0.05, 0.1) is 18.1 Å². The fourth-order valence-electron chi connectivity index (χ4n) is 5.80. The molecule has 3 aliphatic rings. The number of aliphatic hydroxyl groups excluding tert-OH is 2. The quantitative estimate of drug-likeness (QED) is 0.575. The Bertz CT molecular complexity index is 573. The number of aliphatic hydroxyl groups is 2. The highest BCUT2D eigenvalue weighted by molar-refractivity contribution is 6.21. The van der Waals surface area contributed by atoms with E-state index in [1.165, 1.54) is 11.1 Å². The number of halogens is 1. The summed E-state index contributed by atoms with van der Waals surface area (Å²) >= 11 is 6.81. The number of rotatable bonds is 4. The van der Waals surface area contributed by atoms with Crippen molar-refractivity contribution in [3.05, 3.63) is 23.8 Å². The van der Waals surface area contributed by atoms with Gasteiger partial charge in [0, 0.05) is 5.92 Å². The molecule has 3 rings (SSSR count). The second-order valence-corrected chi connectivity index (χ2v) is 9.69. The Kier molecular flexibility index (Phi) is 5.18. The number of fused-ring (bicyclic) bond motifs is 3. The minimum absolute atomic E-state index is 0.0250. The Morgan fingerprint density at radius 2 is 2.12 bits per heavy atom. The first-order valence-electron chi connectivity index (χ1n) is 9.57. The van der Waals surface area contributed by atoms with Crippen molar-refractivity contribution in [1.29, 1.82) is 0 Å². The van der Waals surface area contributed by atoms with Gasteiger partial charge in [-0.2, -0.15) is 0 Å². The summed E-state index contributed by atoms with van der Waals surface area (Å²) in [5.41, 5.74) is 2.03. The lowest BCUT2D eigenvalue weighted by Gasteiger charge is -2.60. The molecule has 0 spiro atoms. The predicted octanol–water partition coefficient (Wildman–Crippen LogP) is 4.27. The van der Waals surface area contributed by atoms with Gasteiger partial charge in [-0.05, 0) is 60.8 Å². The van der Waals surface area contributed by atoms with Crippen molar-refractivity contribution in [2.24, 2.45) is 28.6 Å². The Morgan fingerprint density at radius 3 is 2.76 bits per heavy atom. The Morgan fingerprint density at radius 1 is 1.44 bits per heavy atom. The summed E-state index contributed by atoms with van der Waals surface area (Å²) in [5, 5.41) is 21.0. The fourth-order valence-corrected chi connectivity index (χ4v) is 6.15. The molecule has 1 unspecified atom stereocenters. The summed E-state index contributed by atoms with van der Waals surface area (Å²) in [7, 11) is 0. The maximum Gasteiger partial charge on any atom is 0.162 e. The SMILES string of the molecule is C=C(C)C(C)CC[C@]1(C)[C@H]2CC=C3CO[C@@H](O)[C@H]3[C@]2(C)C[C@@H](O)[C@@H]1Cl. The molecule has 1 saturated heterocycles. The van der Waals surface area contributed by atoms with Gasteiger partial charge in [-0.3, -0.25) is 0 Å². The van der Waals surface area contributed by atoms with Crippen molar-refractivity contribution < 1.29 is 14.9 Å². The van der Waals surface area contributed by atoms with E-state index in [-0.39, 0.29) is 22.1 Å². The van der Waals surface area contributed by atoms with Crippen molar-refractivity contribution in [2.75, 3.05) is 6.61 Å². The molecule has 1 saturated carbocycles. The fraction of sp³-hybridized carbons (Fsp3) is 0.810. The second kappa shape index (κ2) is 6.67. The lowest BCUT2D eigenvalue weighted by atomic mass is 9.46. The summed E-state index contributed by atoms with van der Waals surface area (Å²) in [4.78, 5) is 0. The smallest absolute Gasteiger partial charge is 0.162 e. The molecule has 0 aromatic heterocycles. The minimum Gasteiger partial charge on any atom is -0.392 e. The van der Waals surface area contributed by atoms with Crippen LogP contribution in [0.1, 0.15) is 53.4 Å². The van der Waals surface area contributed by atoms with Gasteiger partial charge in [0.1, 0.15) is 0 Å². The highest BCUT2D eigenvalue weighted by Gasteiger charge is 2.62. The van der Waals surface area contributed by atoms with Crippen LogP contribution >= 0.6 is 11.6 Å². The first-order valence-corrected chi connectivity index (χ1v) is 10.0. The lowest BCUT2D eigenvalue weighted by molar-refractivity contribution is -0.160. The van der Waals surface area contributed by atoms with E-state index in [1.807, 2.05) is 0 Å². The third-order valence-electron chi connectivity index (χ3n) is 7.60. The molecule has 1 aliphatic heterocycles. The van der Waals surface area contributed by atoms with Crippen molar-refractivity contribution in [1.82, 2.24) is 0 Å². The Balaban J connectivity index is 1.94. The van der Waals surface area contributed by atoms with Gasteiger partial charge >= 0.3 is 0 Å². The molecule has 0 radical (unpaired) electrons. The molecule has 2 aliphatic carbocycles. The molecular formula is C21H33ClO3. The normalized spacial score (nSPS) is 47.6. The van der Waals surface area contributed by atoms with E-state index in [1.54, 1.807) is 0 Å². The highest BCUT2D eigenvalue weighted by atomic mass is 35.5. The van der Waals surface area contributed by atoms with Crippen molar-refractivity contribution >= 4 is 11.6 Å². The van der Waals surface area contributed by atoms with Crippen molar-refractivity contribution in [2.45, 2.75) is 71.1 Å². The van der Waals surface area contributed by atoms with Crippen molar-refractivity contribution in [3.63, 3.8) is 0 Å². The number of ether oxygens (including phenoxy) is 1. The van der Waals surface area contributed by atoms with Crippen LogP contribution < -0.4 is 0 Å². The number of allylic oxidation sites excluding steroid dienone is 2. The standard InChI is InChI=1S/C21H33ClO3/c1-12(2)13(3)8-9-20(4)16-7-6-14-11-25-19(24)17(14)21(16,5)10-15(23)18(20)22/h6,13,15-19,23-24H,1,7-11H2,2-5H3/t13?,15-,16-,17+,18+,19-,20-,21-/m1/s1. The van der Waals surface area contributed by atoms with Crippen LogP contribution in [0.2, 0.25) is 0 Å². The minimum atomic E-state index is -0.767. The topological polar surface area (TPSA) is 49.7 Å². The van der Waals surface area contributed by atoms with E-state index < -0.39 is 12.4 Å². The van der Waals surface area contributed by atoms with Crippen LogP contribution in [0.5, 0.6) is 0 Å². The third-order valence-corrected chi connectivity index (χ3v) is 8.39. The molecule has 142 valence electrons. The molecule has 8 atom stereocenters. The third kappa shape index (κ3) is 3.01. The first kappa shape index (κ1) is 19.4. The van der Waals surface area contributed by atoms with Crippen LogP contribution in [0.15, 0.2) is 23.8 Å². The molecule has 4 heteroatoms. The van der Waals surface area contributed by atoms with Crippen molar-refractivity contribution in [3.8, 4) is 0 Å². The molecule has 2 N–H and O–H groups in total. The summed E-state index contributed by atoms with van der Waals surface area (Å²) in [5.74, 6) is 0.748. The van der Waals surface area contributed by atoms with E-state index in [4.69, 9.17) is 16.3 Å². The van der Waals surface area contributed by atoms with E-state index >= 15 is 0 Å². The Labute approximate surface area is 157 Å². The molecule has 0 aromatic rings. The van der Waals surface area contributed by atoms with Gasteiger partial charge in [-0.1, -0.05) is 39.0 Å². The van der Waals surface area contributed by atoms with Gasteiger partial charge < -0.3 is 14.9 Å². The zero-order chi connectivity index (χ0) is 18.6. The number of hydrogen-bond acceptors (Lipinski definition) is 3. The van der Waals surface area contributed by atoms with E-state index in [2.05, 4.69) is 40.3 Å². The van der Waals surface area contributed by atoms with E-state index in [0.29, 0.717) is 24.9 Å². The highest BCUT2D eigenvalue weighted by Crippen LogP contribution is 2.64. The maximum atomic E-state index is 10.8. The van der Waals surface area contributed by atoms with Crippen LogP contribution in [0, 0.1) is 28.6 Å². The largest absolute Gasteiger partial charge is 0.392 e. The molecular weight excluding hydrogens is 336 g/mol. The molecule has 0 amide bonds. The summed E-state index contributed by atoms with van der Waals surface area (Å²) in [6.07, 6.45) is 4.49. The van der Waals surface area contributed by atoms with E-state index in [9.17, 15) is 10.2 Å². The summed E-state index contributed by atoms with van der Waals surface area (Å²) in [6, 6.07) is 0. The number of hydrogen-bond donors (Lipinski definition) is 2. The molecule has 25 heavy (non-hydrogen) atoms. The first-order chi connectivity index (χ1) is 11.6. The molecule has 0 bridgehead atoms. The second-order valence-electron chi connectivity index (χ2n) is 9.22. The molecule has 1 heterocycles. The molecule has 2 fully saturated rings. The average molecular weight is 369 g/mol. The maximum absolute atomic E-state index is 10.8. The van der Waals surface area contributed by atoms with Gasteiger partial charge in [-0.25, -0.2) is 0 Å². The zero-order valence-electron chi connectivity index (χ0n) is 16.0. The molecule has 3 nitrogen and oxygen atoms in total. The molecule has 0 aromatic carbocycles. The summed E-state index contributed by atoms with van der Waals surface area (Å²) in [6.45, 7) is 13.3. The van der Waals surface area contributed by atoms with Gasteiger partial charge in [0.2, 0.25) is 0 Å². The number of alkyl halides is 1. The van der Waals surface area contributed by atoms with Crippen LogP contribution in [0.4, 0.5) is 0 Å². The lowest BCUT2D eigenvalue weighted by Crippen LogP contribution is -2.60. The van der Waals surface area contributed by atoms with Gasteiger partial charge in [0.15, 0.2) is 6.29 Å². The summed E-state index contributed by atoms with van der Waals surface area (Å²) < 4.78 is 5.53. The Hall–Kier alpha value is -0.350. The average Bonchev–Trinajstić information content (AvgIpc) is 2.93. The van der Waals surface area contributed by atoms with Crippen LogP contribution in [-0.4, -0.2) is 34.6 Å².